The molecule has 0 spiro atoms. The van der Waals surface area contributed by atoms with E-state index < -0.39 is 8.07 Å². The number of carbonyl (C=O) groups is 1. The minimum Gasteiger partial charge on any atom is -0.343 e. The second-order valence-corrected chi connectivity index (χ2v) is 11.7. The molecule has 0 bridgehead atoms. The second-order valence-electron chi connectivity index (χ2n) is 6.39. The van der Waals surface area contributed by atoms with Gasteiger partial charge in [-0.2, -0.15) is 0 Å². The van der Waals surface area contributed by atoms with Gasteiger partial charge in [0.05, 0.1) is 8.07 Å². The van der Waals surface area contributed by atoms with E-state index in [1.54, 1.807) is 6.92 Å². The predicted octanol–water partition coefficient (Wildman–Crippen LogP) is 3.90. The van der Waals surface area contributed by atoms with E-state index >= 15 is 0 Å². The van der Waals surface area contributed by atoms with E-state index in [1.807, 2.05) is 11.9 Å². The van der Waals surface area contributed by atoms with Crippen LogP contribution in [-0.4, -0.2) is 32.0 Å². The molecule has 100 valence electrons. The summed E-state index contributed by atoms with van der Waals surface area (Å²) in [5.41, 5.74) is 0.919. The highest BCUT2D eigenvalue weighted by Crippen LogP contribution is 2.40. The van der Waals surface area contributed by atoms with Crippen LogP contribution in [0.2, 0.25) is 24.7 Å². The van der Waals surface area contributed by atoms with Gasteiger partial charge in [0.2, 0.25) is 5.91 Å². The van der Waals surface area contributed by atoms with Crippen LogP contribution in [0.3, 0.4) is 0 Å². The van der Waals surface area contributed by atoms with E-state index in [0.717, 1.165) is 5.54 Å². The highest BCUT2D eigenvalue weighted by atomic mass is 28.3. The average Bonchev–Trinajstić information content (AvgIpc) is 2.28. The molecular weight excluding hydrogens is 226 g/mol. The van der Waals surface area contributed by atoms with Crippen molar-refractivity contribution >= 4 is 14.0 Å². The molecule has 1 amide bonds. The Labute approximate surface area is 108 Å². The van der Waals surface area contributed by atoms with Gasteiger partial charge in [-0.25, -0.2) is 0 Å². The van der Waals surface area contributed by atoms with Crippen LogP contribution in [-0.2, 0) is 4.79 Å². The largest absolute Gasteiger partial charge is 0.343 e. The molecule has 1 rings (SSSR count). The molecule has 17 heavy (non-hydrogen) atoms. The third-order valence-corrected chi connectivity index (χ3v) is 9.21. The molecule has 3 heteroatoms. The van der Waals surface area contributed by atoms with E-state index in [1.165, 1.54) is 38.1 Å². The van der Waals surface area contributed by atoms with Gasteiger partial charge in [0.25, 0.3) is 0 Å². The number of rotatable bonds is 4. The van der Waals surface area contributed by atoms with Crippen molar-refractivity contribution in [3.8, 4) is 0 Å². The third kappa shape index (κ3) is 3.83. The fraction of sp³-hybridized carbons (Fsp3) is 0.929. The predicted molar refractivity (Wildman–Crippen MR) is 77.0 cm³/mol. The van der Waals surface area contributed by atoms with Gasteiger partial charge in [0.1, 0.15) is 0 Å². The van der Waals surface area contributed by atoms with Gasteiger partial charge in [0, 0.05) is 20.0 Å². The lowest BCUT2D eigenvalue weighted by molar-refractivity contribution is -0.130. The fourth-order valence-electron chi connectivity index (χ4n) is 3.33. The summed E-state index contributed by atoms with van der Waals surface area (Å²) in [5.74, 6) is 0.227. The molecule has 0 N–H and O–H groups in total. The normalized spacial score (nSPS) is 25.7. The Morgan fingerprint density at radius 3 is 2.53 bits per heavy atom. The number of nitrogens with zero attached hydrogens (tertiary/aromatic N) is 1. The van der Waals surface area contributed by atoms with Crippen molar-refractivity contribution in [1.29, 1.82) is 0 Å². The molecule has 0 saturated heterocycles. The quantitative estimate of drug-likeness (QED) is 0.698. The van der Waals surface area contributed by atoms with Crippen molar-refractivity contribution in [2.45, 2.75) is 76.7 Å². The summed E-state index contributed by atoms with van der Waals surface area (Å²) in [5, 5.41) is 0. The SMILES string of the molecule is CCC[Si](C)(C)C1CCCC(N(C)C(C)=O)C1. The Morgan fingerprint density at radius 2 is 2.00 bits per heavy atom. The zero-order chi connectivity index (χ0) is 13.1. The van der Waals surface area contributed by atoms with Gasteiger partial charge >= 0.3 is 0 Å². The minimum atomic E-state index is -1.06. The van der Waals surface area contributed by atoms with Gasteiger partial charge in [0.15, 0.2) is 0 Å². The number of hydrogen-bond acceptors (Lipinski definition) is 1. The molecule has 0 aromatic rings. The van der Waals surface area contributed by atoms with Gasteiger partial charge in [-0.05, 0) is 18.4 Å². The zero-order valence-corrected chi connectivity index (χ0v) is 13.3. The maximum atomic E-state index is 11.5. The first kappa shape index (κ1) is 14.7. The highest BCUT2D eigenvalue weighted by molar-refractivity contribution is 6.78. The Bertz CT molecular complexity index is 265. The van der Waals surface area contributed by atoms with Crippen molar-refractivity contribution < 1.29 is 4.79 Å². The van der Waals surface area contributed by atoms with Crippen molar-refractivity contribution in [2.75, 3.05) is 7.05 Å². The summed E-state index contributed by atoms with van der Waals surface area (Å²) in [6.45, 7) is 9.07. The lowest BCUT2D eigenvalue weighted by Crippen LogP contribution is -2.43. The van der Waals surface area contributed by atoms with Crippen LogP contribution in [0.25, 0.3) is 0 Å². The Kier molecular flexibility index (Phi) is 5.23. The molecule has 2 atom stereocenters. The molecule has 0 aromatic heterocycles. The van der Waals surface area contributed by atoms with Crippen LogP contribution in [0.1, 0.15) is 46.0 Å². The average molecular weight is 255 g/mol. The molecule has 1 saturated carbocycles. The first-order valence-corrected chi connectivity index (χ1v) is 10.4. The van der Waals surface area contributed by atoms with Crippen LogP contribution >= 0.6 is 0 Å². The maximum Gasteiger partial charge on any atom is 0.219 e. The lowest BCUT2D eigenvalue weighted by atomic mass is 9.94. The molecule has 2 nitrogen and oxygen atoms in total. The fourth-order valence-corrected chi connectivity index (χ4v) is 6.92. The van der Waals surface area contributed by atoms with E-state index in [-0.39, 0.29) is 5.91 Å². The maximum absolute atomic E-state index is 11.5. The van der Waals surface area contributed by atoms with Gasteiger partial charge < -0.3 is 4.90 Å². The summed E-state index contributed by atoms with van der Waals surface area (Å²) in [7, 11) is 0.913. The van der Waals surface area contributed by atoms with E-state index in [9.17, 15) is 4.79 Å². The summed E-state index contributed by atoms with van der Waals surface area (Å²) >= 11 is 0. The Balaban J connectivity index is 2.63. The smallest absolute Gasteiger partial charge is 0.219 e. The highest BCUT2D eigenvalue weighted by Gasteiger charge is 2.36. The number of carbonyl (C=O) groups excluding carboxylic acids is 1. The van der Waals surface area contributed by atoms with Gasteiger partial charge in [-0.15, -0.1) is 0 Å². The minimum absolute atomic E-state index is 0.227. The van der Waals surface area contributed by atoms with Gasteiger partial charge in [-0.1, -0.05) is 45.3 Å². The summed E-state index contributed by atoms with van der Waals surface area (Å²) in [6, 6.07) is 1.95. The molecule has 1 fully saturated rings. The number of amides is 1. The van der Waals surface area contributed by atoms with E-state index in [4.69, 9.17) is 0 Å². The standard InChI is InChI=1S/C14H29NOSi/c1-6-10-17(4,5)14-9-7-8-13(11-14)15(3)12(2)16/h13-14H,6-11H2,1-5H3. The van der Waals surface area contributed by atoms with Crippen LogP contribution in [0.5, 0.6) is 0 Å². The lowest BCUT2D eigenvalue weighted by Gasteiger charge is -2.41. The first-order valence-electron chi connectivity index (χ1n) is 7.12. The van der Waals surface area contributed by atoms with E-state index in [2.05, 4.69) is 20.0 Å². The molecule has 0 aromatic carbocycles. The molecule has 2 unspecified atom stereocenters. The summed E-state index contributed by atoms with van der Waals surface area (Å²) < 4.78 is 0. The van der Waals surface area contributed by atoms with Crippen molar-refractivity contribution in [1.82, 2.24) is 4.90 Å². The van der Waals surface area contributed by atoms with Crippen LogP contribution in [0.15, 0.2) is 0 Å². The first-order chi connectivity index (χ1) is 7.88. The monoisotopic (exact) mass is 255 g/mol. The van der Waals surface area contributed by atoms with Crippen LogP contribution in [0, 0.1) is 0 Å². The molecular formula is C14H29NOSi. The third-order valence-electron chi connectivity index (χ3n) is 4.69. The molecule has 0 radical (unpaired) electrons. The molecule has 0 aliphatic heterocycles. The topological polar surface area (TPSA) is 20.3 Å². The van der Waals surface area contributed by atoms with Crippen LogP contribution in [0.4, 0.5) is 0 Å². The Morgan fingerprint density at radius 1 is 1.35 bits per heavy atom. The van der Waals surface area contributed by atoms with Crippen molar-refractivity contribution in [3.63, 3.8) is 0 Å². The zero-order valence-electron chi connectivity index (χ0n) is 12.3. The number of hydrogen-bond donors (Lipinski definition) is 0. The molecule has 0 heterocycles. The van der Waals surface area contributed by atoms with Crippen molar-refractivity contribution in [3.05, 3.63) is 0 Å². The molecule has 1 aliphatic carbocycles. The van der Waals surface area contributed by atoms with Crippen molar-refractivity contribution in [2.24, 2.45) is 0 Å². The second kappa shape index (κ2) is 6.03. The summed E-state index contributed by atoms with van der Waals surface area (Å²) in [4.78, 5) is 13.4. The van der Waals surface area contributed by atoms with Crippen LogP contribution < -0.4 is 0 Å². The van der Waals surface area contributed by atoms with Gasteiger partial charge in [-0.3, -0.25) is 4.79 Å². The van der Waals surface area contributed by atoms with E-state index in [0.29, 0.717) is 6.04 Å². The Hall–Kier alpha value is -0.313. The summed E-state index contributed by atoms with van der Waals surface area (Å²) in [6.07, 6.45) is 6.51. The molecule has 1 aliphatic rings.